The maximum atomic E-state index is 13.2. The van der Waals surface area contributed by atoms with E-state index in [-0.39, 0.29) is 5.56 Å². The summed E-state index contributed by atoms with van der Waals surface area (Å²) in [5, 5.41) is 13.9. The summed E-state index contributed by atoms with van der Waals surface area (Å²) in [4.78, 5) is 18.6. The van der Waals surface area contributed by atoms with Gasteiger partial charge >= 0.3 is 0 Å². The van der Waals surface area contributed by atoms with Crippen molar-refractivity contribution >= 4 is 10.9 Å². The number of benzene rings is 2. The lowest BCUT2D eigenvalue weighted by Gasteiger charge is -2.25. The maximum Gasteiger partial charge on any atom is 0.252 e. The van der Waals surface area contributed by atoms with Crippen molar-refractivity contribution in [1.82, 2.24) is 30.1 Å². The first-order chi connectivity index (χ1) is 19.0. The van der Waals surface area contributed by atoms with Crippen LogP contribution in [0.3, 0.4) is 0 Å². The zero-order valence-corrected chi connectivity index (χ0v) is 23.4. The van der Waals surface area contributed by atoms with Crippen LogP contribution in [-0.4, -0.2) is 50.9 Å². The smallest absolute Gasteiger partial charge is 0.252 e. The van der Waals surface area contributed by atoms with Crippen LogP contribution < -0.4 is 15.0 Å². The summed E-state index contributed by atoms with van der Waals surface area (Å²) in [5.41, 5.74) is 4.92. The van der Waals surface area contributed by atoms with E-state index >= 15 is 0 Å². The van der Waals surface area contributed by atoms with Gasteiger partial charge < -0.3 is 14.5 Å². The lowest BCUT2D eigenvalue weighted by molar-refractivity contribution is 0.235. The lowest BCUT2D eigenvalue weighted by atomic mass is 9.95. The molecule has 1 N–H and O–H groups in total. The number of methoxy groups -OCH3 is 2. The van der Waals surface area contributed by atoms with E-state index in [0.29, 0.717) is 30.6 Å². The molecule has 9 nitrogen and oxygen atoms in total. The second-order valence-corrected chi connectivity index (χ2v) is 10.6. The molecule has 0 spiro atoms. The molecule has 0 radical (unpaired) electrons. The first-order valence-corrected chi connectivity index (χ1v) is 13.8. The molecule has 1 fully saturated rings. The molecule has 0 aliphatic heterocycles. The normalized spacial score (nSPS) is 14.3. The van der Waals surface area contributed by atoms with Crippen LogP contribution in [0.2, 0.25) is 0 Å². The molecular weight excluding hydrogens is 492 g/mol. The van der Waals surface area contributed by atoms with E-state index in [2.05, 4.69) is 44.5 Å². The number of rotatable bonds is 10. The average Bonchev–Trinajstić information content (AvgIpc) is 3.43. The number of pyridine rings is 1. The van der Waals surface area contributed by atoms with Gasteiger partial charge in [-0.15, -0.1) is 5.10 Å². The van der Waals surface area contributed by atoms with E-state index in [0.717, 1.165) is 64.8 Å². The largest absolute Gasteiger partial charge is 0.493 e. The molecular formula is C30H38N6O3. The Morgan fingerprint density at radius 2 is 1.74 bits per heavy atom. The van der Waals surface area contributed by atoms with Gasteiger partial charge in [0.1, 0.15) is 0 Å². The van der Waals surface area contributed by atoms with Gasteiger partial charge in [-0.25, -0.2) is 4.68 Å². The van der Waals surface area contributed by atoms with Gasteiger partial charge in [-0.2, -0.15) is 0 Å². The molecule has 206 valence electrons. The second-order valence-electron chi connectivity index (χ2n) is 10.6. The van der Waals surface area contributed by atoms with Crippen molar-refractivity contribution in [2.75, 3.05) is 20.8 Å². The fourth-order valence-corrected chi connectivity index (χ4v) is 5.64. The zero-order valence-electron chi connectivity index (χ0n) is 23.4. The van der Waals surface area contributed by atoms with Crippen LogP contribution in [0.4, 0.5) is 0 Å². The molecule has 1 aliphatic rings. The molecule has 0 bridgehead atoms. The summed E-state index contributed by atoms with van der Waals surface area (Å²) in [5.74, 6) is 2.26. The maximum absolute atomic E-state index is 13.2. The summed E-state index contributed by atoms with van der Waals surface area (Å²) in [6, 6.07) is 12.5. The van der Waals surface area contributed by atoms with Gasteiger partial charge in [-0.05, 0) is 78.4 Å². The summed E-state index contributed by atoms with van der Waals surface area (Å²) in [7, 11) is 3.29. The Morgan fingerprint density at radius 1 is 0.974 bits per heavy atom. The Hall–Kier alpha value is -3.72. The molecule has 39 heavy (non-hydrogen) atoms. The Labute approximate surface area is 229 Å². The predicted octanol–water partition coefficient (Wildman–Crippen LogP) is 4.90. The Balaban J connectivity index is 1.43. The SMILES string of the molecule is COc1ccc(CCN(Cc2cc3c(C)ccc(C)c3[nH]c2=O)Cc2nnnn2C2CCCCC2)cc1OC. The van der Waals surface area contributed by atoms with E-state index in [1.165, 1.54) is 19.3 Å². The van der Waals surface area contributed by atoms with E-state index < -0.39 is 0 Å². The van der Waals surface area contributed by atoms with Crippen molar-refractivity contribution in [3.05, 3.63) is 74.8 Å². The third-order valence-electron chi connectivity index (χ3n) is 7.93. The number of tetrazole rings is 1. The number of H-pyrrole nitrogens is 1. The first-order valence-electron chi connectivity index (χ1n) is 13.8. The van der Waals surface area contributed by atoms with Crippen LogP contribution in [0, 0.1) is 13.8 Å². The molecule has 1 saturated carbocycles. The van der Waals surface area contributed by atoms with Crippen molar-refractivity contribution in [3.8, 4) is 11.5 Å². The summed E-state index contributed by atoms with van der Waals surface area (Å²) in [6.45, 7) is 5.87. The summed E-state index contributed by atoms with van der Waals surface area (Å²) < 4.78 is 12.9. The molecule has 2 aromatic carbocycles. The van der Waals surface area contributed by atoms with Gasteiger partial charge in [-0.3, -0.25) is 9.69 Å². The number of fused-ring (bicyclic) bond motifs is 1. The Kier molecular flexibility index (Phi) is 8.26. The molecule has 9 heteroatoms. The molecule has 0 saturated heterocycles. The topological polar surface area (TPSA) is 98.2 Å². The molecule has 0 unspecified atom stereocenters. The Morgan fingerprint density at radius 3 is 2.51 bits per heavy atom. The van der Waals surface area contributed by atoms with Crippen molar-refractivity contribution in [2.45, 2.75) is 71.5 Å². The van der Waals surface area contributed by atoms with Gasteiger partial charge in [0.05, 0.1) is 32.3 Å². The van der Waals surface area contributed by atoms with Crippen LogP contribution >= 0.6 is 0 Å². The van der Waals surface area contributed by atoms with Gasteiger partial charge in [0.2, 0.25) is 0 Å². The third kappa shape index (κ3) is 5.98. The third-order valence-corrected chi connectivity index (χ3v) is 7.93. The standard InChI is InChI=1S/C30H38N6O3/c1-20-10-11-21(2)29-25(20)17-23(30(37)31-29)18-35(15-14-22-12-13-26(38-3)27(16-22)39-4)19-28-32-33-34-36(28)24-8-6-5-7-9-24/h10-13,16-17,24H,5-9,14-15,18-19H2,1-4H3,(H,31,37). The van der Waals surface area contributed by atoms with Crippen LogP contribution in [0.15, 0.2) is 41.2 Å². The summed E-state index contributed by atoms with van der Waals surface area (Å²) in [6.07, 6.45) is 6.67. The number of hydrogen-bond donors (Lipinski definition) is 1. The number of nitrogens with zero attached hydrogens (tertiary/aromatic N) is 5. The highest BCUT2D eigenvalue weighted by Gasteiger charge is 2.22. The highest BCUT2D eigenvalue weighted by atomic mass is 16.5. The number of aromatic amines is 1. The van der Waals surface area contributed by atoms with Gasteiger partial charge in [0, 0.05) is 24.0 Å². The van der Waals surface area contributed by atoms with Gasteiger partial charge in [0.25, 0.3) is 5.56 Å². The van der Waals surface area contributed by atoms with E-state index in [9.17, 15) is 4.79 Å². The number of aryl methyl sites for hydroxylation is 2. The highest BCUT2D eigenvalue weighted by Crippen LogP contribution is 2.29. The molecule has 0 amide bonds. The van der Waals surface area contributed by atoms with Gasteiger partial charge in [0.15, 0.2) is 17.3 Å². The van der Waals surface area contributed by atoms with Crippen molar-refractivity contribution in [3.63, 3.8) is 0 Å². The van der Waals surface area contributed by atoms with Crippen LogP contribution in [-0.2, 0) is 19.5 Å². The number of aromatic nitrogens is 5. The minimum atomic E-state index is -0.0563. The highest BCUT2D eigenvalue weighted by molar-refractivity contribution is 5.85. The predicted molar refractivity (Wildman–Crippen MR) is 151 cm³/mol. The fourth-order valence-electron chi connectivity index (χ4n) is 5.64. The number of hydrogen-bond acceptors (Lipinski definition) is 7. The van der Waals surface area contributed by atoms with Crippen molar-refractivity contribution in [2.24, 2.45) is 0 Å². The molecule has 4 aromatic rings. The molecule has 2 heterocycles. The minimum absolute atomic E-state index is 0.0563. The quantitative estimate of drug-likeness (QED) is 0.311. The molecule has 5 rings (SSSR count). The zero-order chi connectivity index (χ0) is 27.4. The summed E-state index contributed by atoms with van der Waals surface area (Å²) >= 11 is 0. The molecule has 0 atom stereocenters. The van der Waals surface area contributed by atoms with E-state index in [1.807, 2.05) is 35.9 Å². The van der Waals surface area contributed by atoms with Crippen LogP contribution in [0.25, 0.3) is 10.9 Å². The van der Waals surface area contributed by atoms with Crippen molar-refractivity contribution < 1.29 is 9.47 Å². The van der Waals surface area contributed by atoms with Crippen LogP contribution in [0.1, 0.15) is 66.2 Å². The van der Waals surface area contributed by atoms with E-state index in [4.69, 9.17) is 9.47 Å². The second kappa shape index (κ2) is 12.0. The first kappa shape index (κ1) is 26.9. The molecule has 1 aliphatic carbocycles. The molecule has 2 aromatic heterocycles. The average molecular weight is 531 g/mol. The lowest BCUT2D eigenvalue weighted by Crippen LogP contribution is -2.30. The fraction of sp³-hybridized carbons (Fsp3) is 0.467. The van der Waals surface area contributed by atoms with Gasteiger partial charge in [-0.1, -0.05) is 37.5 Å². The number of ether oxygens (including phenoxy) is 2. The monoisotopic (exact) mass is 530 g/mol. The minimum Gasteiger partial charge on any atom is -0.493 e. The van der Waals surface area contributed by atoms with Crippen LogP contribution in [0.5, 0.6) is 11.5 Å². The Bertz CT molecular complexity index is 1490. The van der Waals surface area contributed by atoms with Crippen molar-refractivity contribution in [1.29, 1.82) is 0 Å². The number of nitrogens with one attached hydrogen (secondary N) is 1. The van der Waals surface area contributed by atoms with E-state index in [1.54, 1.807) is 14.2 Å².